The maximum atomic E-state index is 10.2. The Bertz CT molecular complexity index is 550. The lowest BCUT2D eigenvalue weighted by molar-refractivity contribution is -0.126. The minimum absolute atomic E-state index is 0.00231. The van der Waals surface area contributed by atoms with Crippen LogP contribution in [0.1, 0.15) is 84.5 Å². The third-order valence-corrected chi connectivity index (χ3v) is 10.1. The van der Waals surface area contributed by atoms with Gasteiger partial charge in [0.15, 0.2) is 0 Å². The molecule has 5 aliphatic carbocycles. The predicted molar refractivity (Wildman–Crippen MR) is 98.5 cm³/mol. The summed E-state index contributed by atoms with van der Waals surface area (Å²) in [6.07, 6.45) is 17.7. The van der Waals surface area contributed by atoms with E-state index >= 15 is 0 Å². The average Bonchev–Trinajstić information content (AvgIpc) is 3.11. The van der Waals surface area contributed by atoms with E-state index in [-0.39, 0.29) is 6.10 Å². The van der Waals surface area contributed by atoms with Crippen molar-refractivity contribution in [1.82, 2.24) is 0 Å². The number of allylic oxidation sites excluding steroid dienone is 2. The molecule has 0 saturated heterocycles. The van der Waals surface area contributed by atoms with Crippen LogP contribution in [0.2, 0.25) is 0 Å². The smallest absolute Gasteiger partial charge is 0.0543 e. The highest BCUT2D eigenvalue weighted by atomic mass is 16.3. The van der Waals surface area contributed by atoms with Gasteiger partial charge in [0.2, 0.25) is 0 Å². The number of hydrogen-bond donors (Lipinski definition) is 1. The highest BCUT2D eigenvalue weighted by Crippen LogP contribution is 2.71. The van der Waals surface area contributed by atoms with Crippen LogP contribution in [-0.4, -0.2) is 11.2 Å². The van der Waals surface area contributed by atoms with Crippen LogP contribution in [0.15, 0.2) is 11.6 Å². The molecule has 5 aliphatic rings. The van der Waals surface area contributed by atoms with Gasteiger partial charge in [0.25, 0.3) is 0 Å². The molecule has 0 aliphatic heterocycles. The average molecular weight is 329 g/mol. The van der Waals surface area contributed by atoms with E-state index in [1.165, 1.54) is 57.8 Å². The van der Waals surface area contributed by atoms with E-state index in [1.807, 2.05) is 5.57 Å². The van der Waals surface area contributed by atoms with Gasteiger partial charge in [0, 0.05) is 0 Å². The molecule has 0 heterocycles. The first-order valence-electron chi connectivity index (χ1n) is 10.9. The molecule has 0 aromatic rings. The van der Waals surface area contributed by atoms with Gasteiger partial charge in [-0.05, 0) is 118 Å². The SMILES string of the molecule is C/C=C1/CC[C@]23CCC4C(CC[C@H]5C[C@H](O)CC[C@]45C)C2CC[C@H]13. The summed E-state index contributed by atoms with van der Waals surface area (Å²) in [6.45, 7) is 4.91. The number of aliphatic hydroxyl groups excluding tert-OH is 1. The molecule has 1 spiro atoms. The standard InChI is InChI=1S/C23H36O/c1-3-15-8-12-23-13-10-20-18(21(23)7-6-19(15)23)5-4-16-14-17(24)9-11-22(16,20)2/h3,16-21,24H,4-14H2,1-2H3/b15-3-/t16-,17+,18?,19+,20?,21?,22-,23+/m0/s1. The van der Waals surface area contributed by atoms with E-state index < -0.39 is 0 Å². The Morgan fingerprint density at radius 2 is 1.83 bits per heavy atom. The van der Waals surface area contributed by atoms with E-state index in [4.69, 9.17) is 0 Å². The zero-order valence-electron chi connectivity index (χ0n) is 15.8. The summed E-state index contributed by atoms with van der Waals surface area (Å²) in [6, 6.07) is 0. The van der Waals surface area contributed by atoms with Gasteiger partial charge in [-0.25, -0.2) is 0 Å². The lowest BCUT2D eigenvalue weighted by atomic mass is 9.44. The molecule has 8 atom stereocenters. The van der Waals surface area contributed by atoms with Crippen LogP contribution in [0.5, 0.6) is 0 Å². The Morgan fingerprint density at radius 1 is 0.958 bits per heavy atom. The fraction of sp³-hybridized carbons (Fsp3) is 0.913. The molecule has 1 heteroatoms. The largest absolute Gasteiger partial charge is 0.393 e. The molecule has 0 radical (unpaired) electrons. The van der Waals surface area contributed by atoms with Crippen LogP contribution in [0.4, 0.5) is 0 Å². The molecule has 1 nitrogen and oxygen atoms in total. The Labute approximate surface area is 148 Å². The van der Waals surface area contributed by atoms with Crippen LogP contribution in [0.3, 0.4) is 0 Å². The molecule has 0 aromatic carbocycles. The van der Waals surface area contributed by atoms with E-state index in [1.54, 1.807) is 0 Å². The van der Waals surface area contributed by atoms with Crippen molar-refractivity contribution >= 4 is 0 Å². The van der Waals surface area contributed by atoms with E-state index in [0.717, 1.165) is 42.4 Å². The van der Waals surface area contributed by atoms with Crippen molar-refractivity contribution in [3.63, 3.8) is 0 Å². The number of aliphatic hydroxyl groups is 1. The fourth-order valence-electron chi connectivity index (χ4n) is 8.98. The summed E-state index contributed by atoms with van der Waals surface area (Å²) in [5.41, 5.74) is 3.07. The first kappa shape index (κ1) is 15.9. The van der Waals surface area contributed by atoms with Gasteiger partial charge in [0.1, 0.15) is 0 Å². The molecule has 0 aromatic heterocycles. The molecule has 5 rings (SSSR count). The molecular formula is C23H36O. The lowest BCUT2D eigenvalue weighted by Gasteiger charge is -2.61. The van der Waals surface area contributed by atoms with Crippen LogP contribution >= 0.6 is 0 Å². The second kappa shape index (κ2) is 5.35. The Morgan fingerprint density at radius 3 is 2.67 bits per heavy atom. The van der Waals surface area contributed by atoms with Gasteiger partial charge in [-0.2, -0.15) is 0 Å². The topological polar surface area (TPSA) is 20.2 Å². The first-order valence-corrected chi connectivity index (χ1v) is 10.9. The molecule has 1 N–H and O–H groups in total. The van der Waals surface area contributed by atoms with Crippen molar-refractivity contribution in [2.24, 2.45) is 40.4 Å². The minimum Gasteiger partial charge on any atom is -0.393 e. The summed E-state index contributed by atoms with van der Waals surface area (Å²) in [5.74, 6) is 4.77. The maximum Gasteiger partial charge on any atom is 0.0543 e. The molecule has 134 valence electrons. The molecule has 24 heavy (non-hydrogen) atoms. The van der Waals surface area contributed by atoms with Crippen molar-refractivity contribution in [2.45, 2.75) is 90.6 Å². The van der Waals surface area contributed by atoms with Crippen LogP contribution < -0.4 is 0 Å². The summed E-state index contributed by atoms with van der Waals surface area (Å²) in [4.78, 5) is 0. The molecule has 5 saturated carbocycles. The summed E-state index contributed by atoms with van der Waals surface area (Å²) >= 11 is 0. The normalized spacial score (nSPS) is 58.0. The molecule has 3 unspecified atom stereocenters. The first-order chi connectivity index (χ1) is 11.6. The molecular weight excluding hydrogens is 292 g/mol. The van der Waals surface area contributed by atoms with Gasteiger partial charge in [-0.3, -0.25) is 0 Å². The Balaban J connectivity index is 1.45. The second-order valence-electron chi connectivity index (χ2n) is 10.4. The quantitative estimate of drug-likeness (QED) is 0.563. The molecule has 0 bridgehead atoms. The Kier molecular flexibility index (Phi) is 3.55. The van der Waals surface area contributed by atoms with Crippen LogP contribution in [-0.2, 0) is 0 Å². The van der Waals surface area contributed by atoms with Gasteiger partial charge in [0.05, 0.1) is 6.10 Å². The maximum absolute atomic E-state index is 10.2. The number of hydrogen-bond acceptors (Lipinski definition) is 1. The lowest BCUT2D eigenvalue weighted by Crippen LogP contribution is -2.53. The van der Waals surface area contributed by atoms with Crippen molar-refractivity contribution in [2.75, 3.05) is 0 Å². The summed E-state index contributed by atoms with van der Waals surface area (Å²) in [5, 5.41) is 10.2. The van der Waals surface area contributed by atoms with E-state index in [0.29, 0.717) is 10.8 Å². The number of fused-ring (bicyclic) bond motifs is 4. The van der Waals surface area contributed by atoms with E-state index in [2.05, 4.69) is 19.9 Å². The van der Waals surface area contributed by atoms with Crippen molar-refractivity contribution < 1.29 is 5.11 Å². The van der Waals surface area contributed by atoms with Crippen LogP contribution in [0.25, 0.3) is 0 Å². The second-order valence-corrected chi connectivity index (χ2v) is 10.4. The molecule has 0 amide bonds. The van der Waals surface area contributed by atoms with Crippen LogP contribution in [0, 0.1) is 40.4 Å². The zero-order valence-corrected chi connectivity index (χ0v) is 15.8. The summed E-state index contributed by atoms with van der Waals surface area (Å²) in [7, 11) is 0. The van der Waals surface area contributed by atoms with E-state index in [9.17, 15) is 5.11 Å². The fourth-order valence-corrected chi connectivity index (χ4v) is 8.98. The highest BCUT2D eigenvalue weighted by Gasteiger charge is 2.63. The highest BCUT2D eigenvalue weighted by molar-refractivity contribution is 5.24. The van der Waals surface area contributed by atoms with Crippen molar-refractivity contribution in [3.05, 3.63) is 11.6 Å². The Hall–Kier alpha value is -0.300. The third kappa shape index (κ3) is 1.91. The third-order valence-electron chi connectivity index (χ3n) is 10.1. The minimum atomic E-state index is -0.00231. The zero-order chi connectivity index (χ0) is 16.5. The van der Waals surface area contributed by atoms with Crippen molar-refractivity contribution in [1.29, 1.82) is 0 Å². The van der Waals surface area contributed by atoms with Gasteiger partial charge >= 0.3 is 0 Å². The predicted octanol–water partition coefficient (Wildman–Crippen LogP) is 5.73. The molecule has 5 fully saturated rings. The van der Waals surface area contributed by atoms with Gasteiger partial charge < -0.3 is 5.11 Å². The number of rotatable bonds is 0. The summed E-state index contributed by atoms with van der Waals surface area (Å²) < 4.78 is 0. The van der Waals surface area contributed by atoms with Gasteiger partial charge in [-0.1, -0.05) is 18.6 Å². The van der Waals surface area contributed by atoms with Crippen molar-refractivity contribution in [3.8, 4) is 0 Å². The monoisotopic (exact) mass is 328 g/mol. The van der Waals surface area contributed by atoms with Gasteiger partial charge in [-0.15, -0.1) is 0 Å².